The number of halogens is 2. The van der Waals surface area contributed by atoms with Crippen LogP contribution in [0.5, 0.6) is 5.75 Å². The minimum absolute atomic E-state index is 0.0697. The van der Waals surface area contributed by atoms with E-state index in [1.54, 1.807) is 18.2 Å². The summed E-state index contributed by atoms with van der Waals surface area (Å²) in [5.74, 6) is -0.134. The molecule has 1 amide bonds. The second-order valence-electron chi connectivity index (χ2n) is 5.84. The first-order valence-electron chi connectivity index (χ1n) is 7.68. The summed E-state index contributed by atoms with van der Waals surface area (Å²) in [5.41, 5.74) is 1.91. The van der Waals surface area contributed by atoms with Gasteiger partial charge in [-0.2, -0.15) is 0 Å². The third-order valence-corrected chi connectivity index (χ3v) is 3.95. The Hall–Kier alpha value is -1.95. The molecule has 6 heteroatoms. The first kappa shape index (κ1) is 18.4. The minimum Gasteiger partial charge on any atom is -0.490 e. The monoisotopic (exact) mass is 394 g/mol. The van der Waals surface area contributed by atoms with E-state index in [1.165, 1.54) is 12.1 Å². The van der Waals surface area contributed by atoms with Gasteiger partial charge in [-0.15, -0.1) is 0 Å². The molecule has 1 heterocycles. The molecule has 0 radical (unpaired) electrons. The SMILES string of the molecule is Cc1cc(OC(C)C)c(C(=O)N[C@@H](C)c2ccc(F)cc2)c(Br)n1. The lowest BCUT2D eigenvalue weighted by Gasteiger charge is -2.18. The maximum absolute atomic E-state index is 13.0. The van der Waals surface area contributed by atoms with Crippen LogP contribution in [0.2, 0.25) is 0 Å². The number of benzene rings is 1. The summed E-state index contributed by atoms with van der Waals surface area (Å²) in [6.45, 7) is 7.46. The largest absolute Gasteiger partial charge is 0.490 e. The lowest BCUT2D eigenvalue weighted by Crippen LogP contribution is -2.28. The van der Waals surface area contributed by atoms with Gasteiger partial charge in [0.25, 0.3) is 5.91 Å². The Morgan fingerprint density at radius 2 is 1.88 bits per heavy atom. The number of nitrogens with one attached hydrogen (secondary N) is 1. The van der Waals surface area contributed by atoms with Gasteiger partial charge in [-0.05, 0) is 61.3 Å². The van der Waals surface area contributed by atoms with Crippen LogP contribution in [0.25, 0.3) is 0 Å². The Morgan fingerprint density at radius 1 is 1.25 bits per heavy atom. The maximum atomic E-state index is 13.0. The third kappa shape index (κ3) is 4.54. The molecule has 0 unspecified atom stereocenters. The highest BCUT2D eigenvalue weighted by molar-refractivity contribution is 9.10. The van der Waals surface area contributed by atoms with Crippen LogP contribution >= 0.6 is 15.9 Å². The van der Waals surface area contributed by atoms with Gasteiger partial charge >= 0.3 is 0 Å². The van der Waals surface area contributed by atoms with Crippen molar-refractivity contribution < 1.29 is 13.9 Å². The Kier molecular flexibility index (Phi) is 5.94. The molecule has 0 aliphatic heterocycles. The van der Waals surface area contributed by atoms with Crippen molar-refractivity contribution in [1.29, 1.82) is 0 Å². The molecule has 0 bridgehead atoms. The maximum Gasteiger partial charge on any atom is 0.258 e. The molecule has 0 saturated heterocycles. The summed E-state index contributed by atoms with van der Waals surface area (Å²) in [6.07, 6.45) is -0.0697. The number of nitrogens with zero attached hydrogens (tertiary/aromatic N) is 1. The summed E-state index contributed by atoms with van der Waals surface area (Å²) in [7, 11) is 0. The lowest BCUT2D eigenvalue weighted by atomic mass is 10.1. The quantitative estimate of drug-likeness (QED) is 0.755. The van der Waals surface area contributed by atoms with E-state index in [9.17, 15) is 9.18 Å². The van der Waals surface area contributed by atoms with E-state index in [0.29, 0.717) is 15.9 Å². The Bertz CT molecular complexity index is 733. The fraction of sp³-hybridized carbons (Fsp3) is 0.333. The molecular formula is C18H20BrFN2O2. The molecule has 24 heavy (non-hydrogen) atoms. The molecule has 1 atom stereocenters. The zero-order valence-corrected chi connectivity index (χ0v) is 15.6. The Balaban J connectivity index is 2.27. The highest BCUT2D eigenvalue weighted by Crippen LogP contribution is 2.28. The summed E-state index contributed by atoms with van der Waals surface area (Å²) < 4.78 is 19.2. The summed E-state index contributed by atoms with van der Waals surface area (Å²) in [5, 5.41) is 2.89. The van der Waals surface area contributed by atoms with Crippen LogP contribution in [0.15, 0.2) is 34.9 Å². The molecule has 0 aliphatic rings. The molecule has 2 aromatic rings. The van der Waals surface area contributed by atoms with Crippen molar-refractivity contribution in [2.45, 2.75) is 39.8 Å². The summed E-state index contributed by atoms with van der Waals surface area (Å²) in [6, 6.07) is 7.49. The number of pyridine rings is 1. The van der Waals surface area contributed by atoms with Crippen LogP contribution < -0.4 is 10.1 Å². The van der Waals surface area contributed by atoms with Gasteiger partial charge in [-0.1, -0.05) is 12.1 Å². The van der Waals surface area contributed by atoms with Crippen LogP contribution in [-0.2, 0) is 0 Å². The molecule has 0 aliphatic carbocycles. The molecule has 128 valence electrons. The smallest absolute Gasteiger partial charge is 0.258 e. The number of aryl methyl sites for hydroxylation is 1. The fourth-order valence-electron chi connectivity index (χ4n) is 2.26. The van der Waals surface area contributed by atoms with Gasteiger partial charge in [0, 0.05) is 11.8 Å². The van der Waals surface area contributed by atoms with E-state index in [1.807, 2.05) is 27.7 Å². The highest BCUT2D eigenvalue weighted by atomic mass is 79.9. The number of hydrogen-bond donors (Lipinski definition) is 1. The predicted octanol–water partition coefficient (Wildman–Crippen LogP) is 4.57. The van der Waals surface area contributed by atoms with Crippen LogP contribution in [0.3, 0.4) is 0 Å². The number of aromatic nitrogens is 1. The van der Waals surface area contributed by atoms with E-state index in [2.05, 4.69) is 26.2 Å². The van der Waals surface area contributed by atoms with E-state index in [-0.39, 0.29) is 23.9 Å². The Morgan fingerprint density at radius 3 is 2.46 bits per heavy atom. The average Bonchev–Trinajstić information content (AvgIpc) is 2.46. The lowest BCUT2D eigenvalue weighted by molar-refractivity contribution is 0.0932. The zero-order valence-electron chi connectivity index (χ0n) is 14.1. The van der Waals surface area contributed by atoms with Crippen molar-refractivity contribution in [3.05, 3.63) is 57.6 Å². The highest BCUT2D eigenvalue weighted by Gasteiger charge is 2.21. The average molecular weight is 395 g/mol. The number of ether oxygens (including phenoxy) is 1. The van der Waals surface area contributed by atoms with Crippen LogP contribution in [0, 0.1) is 12.7 Å². The summed E-state index contributed by atoms with van der Waals surface area (Å²) >= 11 is 3.34. The van der Waals surface area contributed by atoms with Gasteiger partial charge in [0.1, 0.15) is 21.7 Å². The number of hydrogen-bond acceptors (Lipinski definition) is 3. The van der Waals surface area contributed by atoms with Gasteiger partial charge in [0.05, 0.1) is 12.1 Å². The molecule has 0 fully saturated rings. The van der Waals surface area contributed by atoms with Crippen molar-refractivity contribution in [3.63, 3.8) is 0 Å². The van der Waals surface area contributed by atoms with Gasteiger partial charge in [-0.3, -0.25) is 4.79 Å². The second-order valence-corrected chi connectivity index (χ2v) is 6.59. The fourth-order valence-corrected chi connectivity index (χ4v) is 2.92. The third-order valence-electron chi connectivity index (χ3n) is 3.37. The van der Waals surface area contributed by atoms with Crippen molar-refractivity contribution in [1.82, 2.24) is 10.3 Å². The molecule has 0 saturated carbocycles. The Labute approximate surface area is 149 Å². The van der Waals surface area contributed by atoms with E-state index >= 15 is 0 Å². The van der Waals surface area contributed by atoms with E-state index in [4.69, 9.17) is 4.74 Å². The first-order valence-corrected chi connectivity index (χ1v) is 8.47. The topological polar surface area (TPSA) is 51.2 Å². The molecular weight excluding hydrogens is 375 g/mol. The molecule has 0 spiro atoms. The zero-order chi connectivity index (χ0) is 17.9. The van der Waals surface area contributed by atoms with Crippen molar-refractivity contribution in [3.8, 4) is 5.75 Å². The molecule has 1 N–H and O–H groups in total. The van der Waals surface area contributed by atoms with Crippen molar-refractivity contribution in [2.75, 3.05) is 0 Å². The number of carbonyl (C=O) groups excluding carboxylic acids is 1. The van der Waals surface area contributed by atoms with E-state index in [0.717, 1.165) is 11.3 Å². The van der Waals surface area contributed by atoms with Crippen molar-refractivity contribution in [2.24, 2.45) is 0 Å². The van der Waals surface area contributed by atoms with Crippen LogP contribution in [-0.4, -0.2) is 17.0 Å². The number of carbonyl (C=O) groups is 1. The first-order chi connectivity index (χ1) is 11.3. The van der Waals surface area contributed by atoms with Gasteiger partial charge in [0.2, 0.25) is 0 Å². The predicted molar refractivity (Wildman–Crippen MR) is 94.7 cm³/mol. The number of rotatable bonds is 5. The standard InChI is InChI=1S/C18H20BrFN2O2/c1-10(2)24-15-9-11(3)21-17(19)16(15)18(23)22-12(4)13-5-7-14(20)8-6-13/h5-10,12H,1-4H3,(H,22,23)/t12-/m0/s1. The minimum atomic E-state index is -0.310. The van der Waals surface area contributed by atoms with E-state index < -0.39 is 0 Å². The van der Waals surface area contributed by atoms with Crippen LogP contribution in [0.4, 0.5) is 4.39 Å². The normalized spacial score (nSPS) is 12.1. The second kappa shape index (κ2) is 7.75. The van der Waals surface area contributed by atoms with Gasteiger partial charge in [-0.25, -0.2) is 9.37 Å². The van der Waals surface area contributed by atoms with Gasteiger partial charge < -0.3 is 10.1 Å². The number of amides is 1. The molecule has 1 aromatic heterocycles. The van der Waals surface area contributed by atoms with Gasteiger partial charge in [0.15, 0.2) is 0 Å². The summed E-state index contributed by atoms with van der Waals surface area (Å²) in [4.78, 5) is 17.0. The van der Waals surface area contributed by atoms with Crippen LogP contribution in [0.1, 0.15) is 48.4 Å². The van der Waals surface area contributed by atoms with Crippen molar-refractivity contribution >= 4 is 21.8 Å². The molecule has 1 aromatic carbocycles. The molecule has 2 rings (SSSR count). The molecule has 4 nitrogen and oxygen atoms in total.